The average molecular weight is 445 g/mol. The number of sulfonamides is 1. The highest BCUT2D eigenvalue weighted by Crippen LogP contribution is 2.37. The summed E-state index contributed by atoms with van der Waals surface area (Å²) < 4.78 is 31.6. The molecule has 2 aliphatic rings. The van der Waals surface area contributed by atoms with Crippen LogP contribution in [0.15, 0.2) is 22.7 Å². The zero-order chi connectivity index (χ0) is 18.9. The number of ether oxygens (including phenoxy) is 1. The Bertz CT molecular complexity index is 769. The van der Waals surface area contributed by atoms with E-state index in [1.54, 1.807) is 11.4 Å². The molecule has 2 saturated heterocycles. The number of carbonyl (C=O) groups excluding carboxylic acids is 1. The van der Waals surface area contributed by atoms with Crippen molar-refractivity contribution in [3.8, 4) is 5.75 Å². The molecular weight excluding hydrogens is 420 g/mol. The molecule has 0 aromatic heterocycles. The predicted octanol–water partition coefficient (Wildman–Crippen LogP) is 2.46. The van der Waals surface area contributed by atoms with Gasteiger partial charge in [-0.05, 0) is 65.7 Å². The third-order valence-electron chi connectivity index (χ3n) is 5.27. The first-order valence-corrected chi connectivity index (χ1v) is 11.5. The van der Waals surface area contributed by atoms with Gasteiger partial charge in [0.25, 0.3) is 0 Å². The highest BCUT2D eigenvalue weighted by molar-refractivity contribution is 9.10. The molecule has 0 saturated carbocycles. The largest absolute Gasteiger partial charge is 0.496 e. The normalized spacial score (nSPS) is 25.9. The Labute approximate surface area is 163 Å². The van der Waals surface area contributed by atoms with Gasteiger partial charge in [-0.3, -0.25) is 4.79 Å². The molecule has 2 heterocycles. The summed E-state index contributed by atoms with van der Waals surface area (Å²) in [4.78, 5) is 12.3. The van der Waals surface area contributed by atoms with Crippen molar-refractivity contribution in [3.05, 3.63) is 28.2 Å². The zero-order valence-corrected chi connectivity index (χ0v) is 17.5. The molecule has 1 N–H and O–H groups in total. The maximum absolute atomic E-state index is 12.3. The topological polar surface area (TPSA) is 75.7 Å². The summed E-state index contributed by atoms with van der Waals surface area (Å²) in [6, 6.07) is 5.95. The predicted molar refractivity (Wildman–Crippen MR) is 104 cm³/mol. The molecule has 2 aliphatic heterocycles. The molecule has 144 valence electrons. The molecule has 3 rings (SSSR count). The highest BCUT2D eigenvalue weighted by atomic mass is 79.9. The van der Waals surface area contributed by atoms with Gasteiger partial charge in [0.2, 0.25) is 15.9 Å². The van der Waals surface area contributed by atoms with E-state index in [-0.39, 0.29) is 24.0 Å². The molecule has 8 heteroatoms. The molecule has 26 heavy (non-hydrogen) atoms. The number of nitrogens with one attached hydrogen (secondary N) is 1. The van der Waals surface area contributed by atoms with Crippen LogP contribution in [-0.2, 0) is 21.2 Å². The standard InChI is InChI=1S/C18H25BrN2O4S/c1-25-17-7-3-12(9-16(17)19)4-8-18(22)20-13-10-14-5-6-15(11-13)21(14)26(2,23)24/h3,7,9,13-15H,4-6,8,10-11H2,1-2H3,(H,20,22)/t13?,14-,15+. The fraction of sp³-hybridized carbons (Fsp3) is 0.611. The van der Waals surface area contributed by atoms with Crippen LogP contribution in [0.25, 0.3) is 0 Å². The van der Waals surface area contributed by atoms with E-state index < -0.39 is 10.0 Å². The lowest BCUT2D eigenvalue weighted by molar-refractivity contribution is -0.122. The van der Waals surface area contributed by atoms with Crippen LogP contribution in [0, 0.1) is 0 Å². The van der Waals surface area contributed by atoms with Gasteiger partial charge >= 0.3 is 0 Å². The van der Waals surface area contributed by atoms with E-state index in [1.807, 2.05) is 18.2 Å². The van der Waals surface area contributed by atoms with Crippen LogP contribution in [0.1, 0.15) is 37.7 Å². The Morgan fingerprint density at radius 1 is 1.31 bits per heavy atom. The number of carbonyl (C=O) groups is 1. The van der Waals surface area contributed by atoms with Crippen LogP contribution < -0.4 is 10.1 Å². The van der Waals surface area contributed by atoms with Crippen molar-refractivity contribution >= 4 is 31.9 Å². The van der Waals surface area contributed by atoms with Crippen molar-refractivity contribution in [2.24, 2.45) is 0 Å². The monoisotopic (exact) mass is 444 g/mol. The molecule has 6 nitrogen and oxygen atoms in total. The van der Waals surface area contributed by atoms with Crippen molar-refractivity contribution in [1.82, 2.24) is 9.62 Å². The third-order valence-corrected chi connectivity index (χ3v) is 7.25. The van der Waals surface area contributed by atoms with Crippen LogP contribution >= 0.6 is 15.9 Å². The third kappa shape index (κ3) is 4.40. The van der Waals surface area contributed by atoms with Gasteiger partial charge in [0.05, 0.1) is 17.8 Å². The van der Waals surface area contributed by atoms with Gasteiger partial charge in [-0.15, -0.1) is 0 Å². The van der Waals surface area contributed by atoms with Gasteiger partial charge in [0.1, 0.15) is 5.75 Å². The van der Waals surface area contributed by atoms with Crippen LogP contribution in [0.3, 0.4) is 0 Å². The lowest BCUT2D eigenvalue weighted by Gasteiger charge is -2.37. The number of aryl methyl sites for hydroxylation is 1. The first-order valence-electron chi connectivity index (χ1n) is 8.88. The minimum Gasteiger partial charge on any atom is -0.496 e. The molecule has 1 amide bonds. The zero-order valence-electron chi connectivity index (χ0n) is 15.1. The summed E-state index contributed by atoms with van der Waals surface area (Å²) in [6.07, 6.45) is 5.56. The average Bonchev–Trinajstić information content (AvgIpc) is 2.85. The second-order valence-electron chi connectivity index (χ2n) is 7.18. The second-order valence-corrected chi connectivity index (χ2v) is 9.92. The first-order chi connectivity index (χ1) is 12.3. The molecule has 1 aromatic rings. The van der Waals surface area contributed by atoms with E-state index in [9.17, 15) is 13.2 Å². The van der Waals surface area contributed by atoms with Crippen molar-refractivity contribution in [1.29, 1.82) is 0 Å². The molecule has 0 radical (unpaired) electrons. The summed E-state index contributed by atoms with van der Waals surface area (Å²) in [5.41, 5.74) is 1.07. The van der Waals surface area contributed by atoms with Crippen molar-refractivity contribution < 1.29 is 17.9 Å². The molecule has 1 unspecified atom stereocenters. The molecule has 0 aliphatic carbocycles. The maximum atomic E-state index is 12.3. The molecule has 0 spiro atoms. The number of hydrogen-bond donors (Lipinski definition) is 1. The minimum absolute atomic E-state index is 0.0224. The smallest absolute Gasteiger partial charge is 0.220 e. The Morgan fingerprint density at radius 3 is 2.50 bits per heavy atom. The second kappa shape index (κ2) is 7.86. The molecule has 2 bridgehead atoms. The summed E-state index contributed by atoms with van der Waals surface area (Å²) in [5, 5.41) is 3.10. The lowest BCUT2D eigenvalue weighted by atomic mass is 9.99. The number of fused-ring (bicyclic) bond motifs is 2. The first kappa shape index (κ1) is 19.6. The van der Waals surface area contributed by atoms with Crippen LogP contribution in [0.2, 0.25) is 0 Å². The quantitative estimate of drug-likeness (QED) is 0.730. The fourth-order valence-corrected chi connectivity index (χ4v) is 6.27. The Hall–Kier alpha value is -1.12. The van der Waals surface area contributed by atoms with Crippen molar-refractivity contribution in [2.45, 2.75) is 56.7 Å². The number of nitrogens with zero attached hydrogens (tertiary/aromatic N) is 1. The Balaban J connectivity index is 1.51. The SMILES string of the molecule is COc1ccc(CCC(=O)NC2C[C@H]3CC[C@@H](C2)N3S(C)(=O)=O)cc1Br. The van der Waals surface area contributed by atoms with Gasteiger partial charge in [-0.25, -0.2) is 8.42 Å². The molecule has 3 atom stereocenters. The van der Waals surface area contributed by atoms with E-state index in [0.717, 1.165) is 28.6 Å². The minimum atomic E-state index is -3.16. The summed E-state index contributed by atoms with van der Waals surface area (Å²) in [6.45, 7) is 0. The van der Waals surface area contributed by atoms with E-state index in [2.05, 4.69) is 21.2 Å². The number of methoxy groups -OCH3 is 1. The number of piperidine rings is 1. The Morgan fingerprint density at radius 2 is 1.96 bits per heavy atom. The number of benzene rings is 1. The number of rotatable bonds is 6. The highest BCUT2D eigenvalue weighted by Gasteiger charge is 2.45. The summed E-state index contributed by atoms with van der Waals surface area (Å²) >= 11 is 3.46. The fourth-order valence-electron chi connectivity index (χ4n) is 4.22. The Kier molecular flexibility index (Phi) is 5.94. The van der Waals surface area contributed by atoms with E-state index in [1.165, 1.54) is 6.26 Å². The van der Waals surface area contributed by atoms with E-state index in [4.69, 9.17) is 4.74 Å². The van der Waals surface area contributed by atoms with Crippen LogP contribution in [-0.4, -0.2) is 50.1 Å². The van der Waals surface area contributed by atoms with Crippen LogP contribution in [0.5, 0.6) is 5.75 Å². The van der Waals surface area contributed by atoms with E-state index in [0.29, 0.717) is 25.7 Å². The maximum Gasteiger partial charge on any atom is 0.220 e. The molecular formula is C18H25BrN2O4S. The van der Waals surface area contributed by atoms with Gasteiger partial charge < -0.3 is 10.1 Å². The lowest BCUT2D eigenvalue weighted by Crippen LogP contribution is -2.52. The van der Waals surface area contributed by atoms with Gasteiger partial charge in [0, 0.05) is 24.5 Å². The van der Waals surface area contributed by atoms with Gasteiger partial charge in [-0.2, -0.15) is 4.31 Å². The van der Waals surface area contributed by atoms with Crippen molar-refractivity contribution in [3.63, 3.8) is 0 Å². The molecule has 2 fully saturated rings. The summed E-state index contributed by atoms with van der Waals surface area (Å²) in [5.74, 6) is 0.792. The number of hydrogen-bond acceptors (Lipinski definition) is 4. The summed E-state index contributed by atoms with van der Waals surface area (Å²) in [7, 11) is -1.54. The number of halogens is 1. The van der Waals surface area contributed by atoms with Crippen LogP contribution in [0.4, 0.5) is 0 Å². The number of amides is 1. The van der Waals surface area contributed by atoms with Crippen molar-refractivity contribution in [2.75, 3.05) is 13.4 Å². The van der Waals surface area contributed by atoms with Gasteiger partial charge in [0.15, 0.2) is 0 Å². The molecule has 1 aromatic carbocycles. The van der Waals surface area contributed by atoms with E-state index >= 15 is 0 Å². The van der Waals surface area contributed by atoms with Gasteiger partial charge in [-0.1, -0.05) is 6.07 Å².